The molecule has 0 radical (unpaired) electrons. The van der Waals surface area contributed by atoms with Crippen molar-refractivity contribution < 1.29 is 14.3 Å². The van der Waals surface area contributed by atoms with Gasteiger partial charge in [0.15, 0.2) is 5.11 Å². The van der Waals surface area contributed by atoms with Gasteiger partial charge in [-0.15, -0.1) is 0 Å². The van der Waals surface area contributed by atoms with Crippen molar-refractivity contribution >= 4 is 29.0 Å². The van der Waals surface area contributed by atoms with Crippen LogP contribution < -0.4 is 11.1 Å². The highest BCUT2D eigenvalue weighted by Crippen LogP contribution is 2.16. The predicted molar refractivity (Wildman–Crippen MR) is 53.8 cm³/mol. The summed E-state index contributed by atoms with van der Waals surface area (Å²) in [7, 11) is 0. The molecule has 0 aliphatic heterocycles. The first kappa shape index (κ1) is 10.4. The quantitative estimate of drug-likeness (QED) is 0.644. The van der Waals surface area contributed by atoms with Crippen LogP contribution in [0, 0.1) is 5.82 Å². The highest BCUT2D eigenvalue weighted by atomic mass is 32.1. The molecule has 74 valence electrons. The molecule has 6 heteroatoms. The molecule has 1 aromatic rings. The molecule has 4 nitrogen and oxygen atoms in total. The van der Waals surface area contributed by atoms with E-state index >= 15 is 0 Å². The van der Waals surface area contributed by atoms with Gasteiger partial charge in [-0.1, -0.05) is 0 Å². The number of halogens is 1. The molecule has 0 aromatic heterocycles. The first-order valence-electron chi connectivity index (χ1n) is 3.60. The fourth-order valence-corrected chi connectivity index (χ4v) is 1.05. The highest BCUT2D eigenvalue weighted by Gasteiger charge is 2.11. The van der Waals surface area contributed by atoms with Crippen LogP contribution in [0.5, 0.6) is 0 Å². The summed E-state index contributed by atoms with van der Waals surface area (Å²) < 4.78 is 12.7. The second-order valence-corrected chi connectivity index (χ2v) is 2.92. The summed E-state index contributed by atoms with van der Waals surface area (Å²) >= 11 is 4.54. The molecule has 0 fully saturated rings. The van der Waals surface area contributed by atoms with E-state index in [1.54, 1.807) is 0 Å². The van der Waals surface area contributed by atoms with Gasteiger partial charge in [-0.25, -0.2) is 9.18 Å². The van der Waals surface area contributed by atoms with E-state index in [0.29, 0.717) is 0 Å². The van der Waals surface area contributed by atoms with Crippen molar-refractivity contribution in [1.82, 2.24) is 0 Å². The SMILES string of the molecule is NC(=S)Nc1ccc(F)cc1C(=O)O. The third-order valence-electron chi connectivity index (χ3n) is 1.47. The van der Waals surface area contributed by atoms with E-state index in [1.807, 2.05) is 0 Å². The number of aromatic carboxylic acids is 1. The lowest BCUT2D eigenvalue weighted by molar-refractivity contribution is 0.0697. The van der Waals surface area contributed by atoms with Crippen LogP contribution >= 0.6 is 12.2 Å². The fourth-order valence-electron chi connectivity index (χ4n) is 0.935. The summed E-state index contributed by atoms with van der Waals surface area (Å²) in [4.78, 5) is 10.7. The van der Waals surface area contributed by atoms with Gasteiger partial charge in [-0.05, 0) is 30.4 Å². The Kier molecular flexibility index (Phi) is 2.98. The zero-order valence-electron chi connectivity index (χ0n) is 6.95. The number of nitrogens with two attached hydrogens (primary N) is 1. The summed E-state index contributed by atoms with van der Waals surface area (Å²) in [6.07, 6.45) is 0. The van der Waals surface area contributed by atoms with Gasteiger partial charge in [-0.3, -0.25) is 0 Å². The predicted octanol–water partition coefficient (Wildman–Crippen LogP) is 1.18. The molecule has 1 rings (SSSR count). The van der Waals surface area contributed by atoms with Crippen LogP contribution in [0.4, 0.5) is 10.1 Å². The topological polar surface area (TPSA) is 75.3 Å². The molecule has 0 saturated heterocycles. The summed E-state index contributed by atoms with van der Waals surface area (Å²) in [5.41, 5.74) is 5.13. The number of thiocarbonyl (C=S) groups is 1. The molecule has 0 amide bonds. The second-order valence-electron chi connectivity index (χ2n) is 2.48. The number of rotatable bonds is 2. The van der Waals surface area contributed by atoms with E-state index in [0.717, 1.165) is 12.1 Å². The average molecular weight is 214 g/mol. The Morgan fingerprint density at radius 2 is 2.21 bits per heavy atom. The number of anilines is 1. The number of carboxylic acid groups (broad SMARTS) is 1. The Morgan fingerprint density at radius 1 is 1.57 bits per heavy atom. The minimum Gasteiger partial charge on any atom is -0.478 e. The van der Waals surface area contributed by atoms with E-state index in [4.69, 9.17) is 10.8 Å². The maximum atomic E-state index is 12.7. The number of nitrogens with one attached hydrogen (secondary N) is 1. The Morgan fingerprint density at radius 3 is 2.71 bits per heavy atom. The van der Waals surface area contributed by atoms with Crippen molar-refractivity contribution in [1.29, 1.82) is 0 Å². The number of carbonyl (C=O) groups is 1. The Labute approximate surface area is 84.5 Å². The van der Waals surface area contributed by atoms with Crippen molar-refractivity contribution in [2.75, 3.05) is 5.32 Å². The molecule has 0 saturated carbocycles. The van der Waals surface area contributed by atoms with Crippen molar-refractivity contribution in [3.05, 3.63) is 29.6 Å². The zero-order valence-corrected chi connectivity index (χ0v) is 7.77. The van der Waals surface area contributed by atoms with Gasteiger partial charge in [0.1, 0.15) is 5.82 Å². The summed E-state index contributed by atoms with van der Waals surface area (Å²) in [5, 5.41) is 11.1. The second kappa shape index (κ2) is 4.01. The van der Waals surface area contributed by atoms with Crippen LogP contribution in [-0.2, 0) is 0 Å². The minimum absolute atomic E-state index is 0.0703. The third kappa shape index (κ3) is 2.40. The van der Waals surface area contributed by atoms with Gasteiger partial charge in [0, 0.05) is 0 Å². The van der Waals surface area contributed by atoms with Crippen LogP contribution in [0.25, 0.3) is 0 Å². The smallest absolute Gasteiger partial charge is 0.337 e. The van der Waals surface area contributed by atoms with Crippen LogP contribution in [0.1, 0.15) is 10.4 Å². The number of hydrogen-bond donors (Lipinski definition) is 3. The maximum Gasteiger partial charge on any atom is 0.337 e. The van der Waals surface area contributed by atoms with Crippen molar-refractivity contribution in [3.63, 3.8) is 0 Å². The molecule has 0 heterocycles. The average Bonchev–Trinajstić information content (AvgIpc) is 2.07. The number of carboxylic acids is 1. The van der Waals surface area contributed by atoms with E-state index in [2.05, 4.69) is 17.5 Å². The Bertz CT molecular complexity index is 395. The van der Waals surface area contributed by atoms with E-state index in [9.17, 15) is 9.18 Å². The van der Waals surface area contributed by atoms with Crippen molar-refractivity contribution in [3.8, 4) is 0 Å². The fraction of sp³-hybridized carbons (Fsp3) is 0. The normalized spacial score (nSPS) is 9.50. The lowest BCUT2D eigenvalue weighted by atomic mass is 10.2. The molecule has 0 unspecified atom stereocenters. The van der Waals surface area contributed by atoms with Crippen molar-refractivity contribution in [2.45, 2.75) is 0 Å². The van der Waals surface area contributed by atoms with Crippen molar-refractivity contribution in [2.24, 2.45) is 5.73 Å². The molecule has 1 aromatic carbocycles. The lowest BCUT2D eigenvalue weighted by Crippen LogP contribution is -2.20. The molecule has 0 aliphatic rings. The van der Waals surface area contributed by atoms with E-state index < -0.39 is 11.8 Å². The van der Waals surface area contributed by atoms with Gasteiger partial charge >= 0.3 is 5.97 Å². The lowest BCUT2D eigenvalue weighted by Gasteiger charge is -2.07. The molecule has 4 N–H and O–H groups in total. The highest BCUT2D eigenvalue weighted by molar-refractivity contribution is 7.80. The van der Waals surface area contributed by atoms with Crippen LogP contribution in [0.3, 0.4) is 0 Å². The standard InChI is InChI=1S/C8H7FN2O2S/c9-4-1-2-6(11-8(10)14)5(3-4)7(12)13/h1-3H,(H,12,13)(H3,10,11,14). The molecular formula is C8H7FN2O2S. The largest absolute Gasteiger partial charge is 0.478 e. The molecule has 14 heavy (non-hydrogen) atoms. The first-order valence-corrected chi connectivity index (χ1v) is 4.01. The van der Waals surface area contributed by atoms with Crippen LogP contribution in [0.15, 0.2) is 18.2 Å². The Balaban J connectivity index is 3.14. The summed E-state index contributed by atoms with van der Waals surface area (Å²) in [6.45, 7) is 0. The molecule has 0 spiro atoms. The molecule has 0 bridgehead atoms. The van der Waals surface area contributed by atoms with E-state index in [1.165, 1.54) is 6.07 Å². The number of hydrogen-bond acceptors (Lipinski definition) is 2. The van der Waals surface area contributed by atoms with Crippen LogP contribution in [-0.4, -0.2) is 16.2 Å². The van der Waals surface area contributed by atoms with Gasteiger partial charge < -0.3 is 16.2 Å². The molecular weight excluding hydrogens is 207 g/mol. The van der Waals surface area contributed by atoms with Gasteiger partial charge in [0.2, 0.25) is 0 Å². The molecule has 0 aliphatic carbocycles. The first-order chi connectivity index (χ1) is 6.50. The van der Waals surface area contributed by atoms with Gasteiger partial charge in [0.25, 0.3) is 0 Å². The maximum absolute atomic E-state index is 12.7. The zero-order chi connectivity index (χ0) is 10.7. The monoisotopic (exact) mass is 214 g/mol. The Hall–Kier alpha value is -1.69. The summed E-state index contributed by atoms with van der Waals surface area (Å²) in [5.74, 6) is -1.88. The van der Waals surface area contributed by atoms with E-state index in [-0.39, 0.29) is 16.4 Å². The van der Waals surface area contributed by atoms with Gasteiger partial charge in [-0.2, -0.15) is 0 Å². The number of benzene rings is 1. The minimum atomic E-state index is -1.25. The third-order valence-corrected chi connectivity index (χ3v) is 1.57. The van der Waals surface area contributed by atoms with Crippen LogP contribution in [0.2, 0.25) is 0 Å². The summed E-state index contributed by atoms with van der Waals surface area (Å²) in [6, 6.07) is 3.27. The van der Waals surface area contributed by atoms with Gasteiger partial charge in [0.05, 0.1) is 11.3 Å². The molecule has 0 atom stereocenters.